The molecule has 0 saturated carbocycles. The van der Waals surface area contributed by atoms with E-state index >= 15 is 0 Å². The normalized spacial score (nSPS) is 18.5. The van der Waals surface area contributed by atoms with E-state index in [0.29, 0.717) is 36.0 Å². The van der Waals surface area contributed by atoms with Crippen LogP contribution >= 0.6 is 11.3 Å². The topological polar surface area (TPSA) is 97.0 Å². The second kappa shape index (κ2) is 8.52. The lowest BCUT2D eigenvalue weighted by molar-refractivity contribution is -0.133. The maximum absolute atomic E-state index is 12.8. The van der Waals surface area contributed by atoms with Gasteiger partial charge >= 0.3 is 6.03 Å². The van der Waals surface area contributed by atoms with Crippen LogP contribution in [0, 0.1) is 0 Å². The molecule has 0 bridgehead atoms. The molecule has 154 valence electrons. The van der Waals surface area contributed by atoms with Gasteiger partial charge in [0.05, 0.1) is 13.2 Å². The Morgan fingerprint density at radius 1 is 1.17 bits per heavy atom. The highest BCUT2D eigenvalue weighted by molar-refractivity contribution is 7.08. The summed E-state index contributed by atoms with van der Waals surface area (Å²) in [5.41, 5.74) is 0.00437. The highest BCUT2D eigenvalue weighted by atomic mass is 32.1. The Kier molecular flexibility index (Phi) is 6.07. The van der Waals surface area contributed by atoms with Crippen LogP contribution in [0.15, 0.2) is 35.0 Å². The molecule has 3 rings (SSSR count). The summed E-state index contributed by atoms with van der Waals surface area (Å²) in [5.74, 6) is 0.132. The van der Waals surface area contributed by atoms with Gasteiger partial charge in [0.15, 0.2) is 11.5 Å². The van der Waals surface area contributed by atoms with Crippen molar-refractivity contribution in [2.75, 3.05) is 25.1 Å². The molecule has 1 aliphatic heterocycles. The van der Waals surface area contributed by atoms with E-state index in [2.05, 4.69) is 10.6 Å². The van der Waals surface area contributed by atoms with Crippen LogP contribution in [0.1, 0.15) is 26.3 Å². The molecule has 1 aromatic heterocycles. The summed E-state index contributed by atoms with van der Waals surface area (Å²) in [5, 5.41) is 9.00. The van der Waals surface area contributed by atoms with E-state index in [0.717, 1.165) is 4.90 Å². The average Bonchev–Trinajstić information content (AvgIpc) is 3.29. The van der Waals surface area contributed by atoms with Crippen molar-refractivity contribution in [3.8, 4) is 11.5 Å². The first-order chi connectivity index (χ1) is 13.9. The minimum absolute atomic E-state index is 0.387. The van der Waals surface area contributed by atoms with E-state index in [1.54, 1.807) is 36.6 Å². The van der Waals surface area contributed by atoms with E-state index in [-0.39, 0.29) is 6.54 Å². The number of anilines is 1. The summed E-state index contributed by atoms with van der Waals surface area (Å²) in [6.45, 7) is 5.90. The molecule has 4 amide bonds. The largest absolute Gasteiger partial charge is 0.490 e. The fourth-order valence-electron chi connectivity index (χ4n) is 3.06. The predicted molar refractivity (Wildman–Crippen MR) is 109 cm³/mol. The molecule has 2 aromatic rings. The van der Waals surface area contributed by atoms with Gasteiger partial charge in [-0.3, -0.25) is 14.5 Å². The number of hydrogen-bond acceptors (Lipinski definition) is 6. The van der Waals surface area contributed by atoms with E-state index in [9.17, 15) is 14.4 Å². The van der Waals surface area contributed by atoms with Crippen molar-refractivity contribution in [3.63, 3.8) is 0 Å². The number of urea groups is 1. The Labute approximate surface area is 172 Å². The van der Waals surface area contributed by atoms with Crippen LogP contribution in [0.5, 0.6) is 11.5 Å². The fraction of sp³-hybridized carbons (Fsp3) is 0.350. The van der Waals surface area contributed by atoms with Gasteiger partial charge in [-0.1, -0.05) is 0 Å². The van der Waals surface area contributed by atoms with Gasteiger partial charge in [-0.25, -0.2) is 4.79 Å². The summed E-state index contributed by atoms with van der Waals surface area (Å²) in [6, 6.07) is 6.20. The smallest absolute Gasteiger partial charge is 0.325 e. The van der Waals surface area contributed by atoms with Crippen molar-refractivity contribution in [2.24, 2.45) is 0 Å². The average molecular weight is 417 g/mol. The second-order valence-electron chi connectivity index (χ2n) is 6.53. The molecule has 1 saturated heterocycles. The van der Waals surface area contributed by atoms with E-state index < -0.39 is 23.4 Å². The van der Waals surface area contributed by atoms with Crippen LogP contribution in [-0.2, 0) is 15.1 Å². The number of nitrogens with zero attached hydrogens (tertiary/aromatic N) is 1. The highest BCUT2D eigenvalue weighted by Crippen LogP contribution is 2.32. The zero-order chi connectivity index (χ0) is 21.0. The molecule has 0 aliphatic carbocycles. The van der Waals surface area contributed by atoms with E-state index in [1.807, 2.05) is 19.2 Å². The summed E-state index contributed by atoms with van der Waals surface area (Å²) >= 11 is 1.43. The highest BCUT2D eigenvalue weighted by Gasteiger charge is 2.49. The molecule has 1 fully saturated rings. The Hall–Kier alpha value is -3.07. The summed E-state index contributed by atoms with van der Waals surface area (Å²) in [6.07, 6.45) is 0. The molecule has 1 aliphatic rings. The second-order valence-corrected chi connectivity index (χ2v) is 7.31. The maximum atomic E-state index is 12.8. The zero-order valence-electron chi connectivity index (χ0n) is 16.5. The first-order valence-electron chi connectivity index (χ1n) is 9.25. The third-order valence-electron chi connectivity index (χ3n) is 4.50. The predicted octanol–water partition coefficient (Wildman–Crippen LogP) is 2.95. The number of benzene rings is 1. The SMILES string of the molecule is CCOc1ccc(NC(=O)CN2C(=O)NC(C)(c3ccsc3)C2=O)cc1OCC. The number of imide groups is 1. The third kappa shape index (κ3) is 4.19. The van der Waals surface area contributed by atoms with Crippen molar-refractivity contribution in [3.05, 3.63) is 40.6 Å². The fourth-order valence-corrected chi connectivity index (χ4v) is 3.82. The standard InChI is InChI=1S/C20H23N3O5S/c1-4-27-15-7-6-14(10-16(15)28-5-2)21-17(24)11-23-18(25)20(3,22-19(23)26)13-8-9-29-12-13/h6-10,12H,4-5,11H2,1-3H3,(H,21,24)(H,22,26). The van der Waals surface area contributed by atoms with Crippen molar-refractivity contribution >= 4 is 34.9 Å². The molecule has 0 spiro atoms. The first-order valence-corrected chi connectivity index (χ1v) is 10.2. The summed E-state index contributed by atoms with van der Waals surface area (Å²) in [7, 11) is 0. The molecule has 8 nitrogen and oxygen atoms in total. The van der Waals surface area contributed by atoms with Crippen LogP contribution in [-0.4, -0.2) is 42.5 Å². The Morgan fingerprint density at radius 2 is 1.90 bits per heavy atom. The van der Waals surface area contributed by atoms with Gasteiger partial charge in [-0.15, -0.1) is 0 Å². The number of ether oxygens (including phenoxy) is 2. The Bertz CT molecular complexity index is 915. The van der Waals surface area contributed by atoms with E-state index in [1.165, 1.54) is 11.3 Å². The van der Waals surface area contributed by atoms with Crippen molar-refractivity contribution in [2.45, 2.75) is 26.3 Å². The van der Waals surface area contributed by atoms with Crippen molar-refractivity contribution < 1.29 is 23.9 Å². The summed E-state index contributed by atoms with van der Waals surface area (Å²) < 4.78 is 11.0. The minimum Gasteiger partial charge on any atom is -0.490 e. The van der Waals surface area contributed by atoms with Gasteiger partial charge in [0.1, 0.15) is 12.1 Å². The molecule has 2 heterocycles. The quantitative estimate of drug-likeness (QED) is 0.644. The lowest BCUT2D eigenvalue weighted by atomic mass is 9.95. The monoisotopic (exact) mass is 417 g/mol. The van der Waals surface area contributed by atoms with Crippen molar-refractivity contribution in [1.29, 1.82) is 0 Å². The van der Waals surface area contributed by atoms with Gasteiger partial charge in [0.25, 0.3) is 5.91 Å². The summed E-state index contributed by atoms with van der Waals surface area (Å²) in [4.78, 5) is 38.5. The molecule has 9 heteroatoms. The molecule has 1 atom stereocenters. The molecule has 1 aromatic carbocycles. The molecule has 0 radical (unpaired) electrons. The number of carbonyl (C=O) groups excluding carboxylic acids is 3. The lowest BCUT2D eigenvalue weighted by Crippen LogP contribution is -2.41. The van der Waals surface area contributed by atoms with Gasteiger partial charge in [0.2, 0.25) is 5.91 Å². The molecular weight excluding hydrogens is 394 g/mol. The van der Waals surface area contributed by atoms with Crippen molar-refractivity contribution in [1.82, 2.24) is 10.2 Å². The van der Waals surface area contributed by atoms with Crippen LogP contribution < -0.4 is 20.1 Å². The number of amides is 4. The zero-order valence-corrected chi connectivity index (χ0v) is 17.3. The number of nitrogens with one attached hydrogen (secondary N) is 2. The number of carbonyl (C=O) groups is 3. The minimum atomic E-state index is -1.17. The number of hydrogen-bond donors (Lipinski definition) is 2. The van der Waals surface area contributed by atoms with Gasteiger partial charge < -0.3 is 20.1 Å². The maximum Gasteiger partial charge on any atom is 0.325 e. The van der Waals surface area contributed by atoms with E-state index in [4.69, 9.17) is 9.47 Å². The molecular formula is C20H23N3O5S. The van der Waals surface area contributed by atoms with Gasteiger partial charge in [-0.2, -0.15) is 11.3 Å². The Morgan fingerprint density at radius 3 is 2.55 bits per heavy atom. The Balaban J connectivity index is 1.70. The van der Waals surface area contributed by atoms with Crippen LogP contribution in [0.3, 0.4) is 0 Å². The molecule has 1 unspecified atom stereocenters. The third-order valence-corrected chi connectivity index (χ3v) is 5.19. The van der Waals surface area contributed by atoms with Crippen LogP contribution in [0.4, 0.5) is 10.5 Å². The number of rotatable bonds is 8. The van der Waals surface area contributed by atoms with Gasteiger partial charge in [0, 0.05) is 11.8 Å². The van der Waals surface area contributed by atoms with Crippen LogP contribution in [0.2, 0.25) is 0 Å². The molecule has 29 heavy (non-hydrogen) atoms. The molecule has 2 N–H and O–H groups in total. The first kappa shape index (κ1) is 20.7. The number of thiophene rings is 1. The lowest BCUT2D eigenvalue weighted by Gasteiger charge is -2.20. The van der Waals surface area contributed by atoms with Crippen LogP contribution in [0.25, 0.3) is 0 Å². The van der Waals surface area contributed by atoms with Gasteiger partial charge in [-0.05, 0) is 55.3 Å².